The van der Waals surface area contributed by atoms with Gasteiger partial charge in [-0.2, -0.15) is 5.10 Å². The molecule has 0 bridgehead atoms. The zero-order valence-electron chi connectivity index (χ0n) is 16.7. The van der Waals surface area contributed by atoms with Crippen LogP contribution in [0.15, 0.2) is 72.9 Å². The first-order valence-electron chi connectivity index (χ1n) is 10.2. The van der Waals surface area contributed by atoms with Crippen molar-refractivity contribution in [3.8, 4) is 11.3 Å². The second-order valence-corrected chi connectivity index (χ2v) is 8.17. The average Bonchev–Trinajstić information content (AvgIpc) is 3.25. The predicted octanol–water partition coefficient (Wildman–Crippen LogP) is 4.75. The van der Waals surface area contributed by atoms with Crippen molar-refractivity contribution in [1.82, 2.24) is 25.3 Å². The highest BCUT2D eigenvalue weighted by Gasteiger charge is 2.25. The number of fused-ring (bicyclic) bond motifs is 3. The Morgan fingerprint density at radius 1 is 0.933 bits per heavy atom. The summed E-state index contributed by atoms with van der Waals surface area (Å²) in [6.07, 6.45) is 1.90. The van der Waals surface area contributed by atoms with E-state index < -0.39 is 0 Å². The molecule has 3 heterocycles. The van der Waals surface area contributed by atoms with Crippen molar-refractivity contribution in [3.63, 3.8) is 0 Å². The lowest BCUT2D eigenvalue weighted by molar-refractivity contribution is 0.295. The molecule has 5 nitrogen and oxygen atoms in total. The third-order valence-electron chi connectivity index (χ3n) is 6.11. The van der Waals surface area contributed by atoms with Crippen LogP contribution in [0, 0.1) is 0 Å². The van der Waals surface area contributed by atoms with Gasteiger partial charge in [0.1, 0.15) is 0 Å². The molecule has 1 atom stereocenters. The monoisotopic (exact) mass is 391 g/mol. The normalized spacial score (nSPS) is 16.8. The summed E-state index contributed by atoms with van der Waals surface area (Å²) < 4.78 is 0. The van der Waals surface area contributed by atoms with Crippen molar-refractivity contribution in [1.29, 1.82) is 0 Å². The van der Waals surface area contributed by atoms with Crippen LogP contribution in [0.5, 0.6) is 0 Å². The van der Waals surface area contributed by atoms with E-state index in [1.807, 2.05) is 24.4 Å². The minimum atomic E-state index is 0.342. The largest absolute Gasteiger partial charge is 0.301 e. The highest BCUT2D eigenvalue weighted by molar-refractivity contribution is 5.82. The smallest absolute Gasteiger partial charge is 0.0936 e. The van der Waals surface area contributed by atoms with Crippen LogP contribution in [0.3, 0.4) is 0 Å². The van der Waals surface area contributed by atoms with Gasteiger partial charge in [0.05, 0.1) is 22.9 Å². The molecule has 0 fully saturated rings. The molecule has 5 aromatic rings. The molecule has 0 amide bonds. The Morgan fingerprint density at radius 3 is 2.83 bits per heavy atom. The Balaban J connectivity index is 1.43. The lowest BCUT2D eigenvalue weighted by atomic mass is 9.83. The summed E-state index contributed by atoms with van der Waals surface area (Å²) in [5.41, 5.74) is 8.12. The van der Waals surface area contributed by atoms with Gasteiger partial charge in [0.15, 0.2) is 0 Å². The number of aromatic amines is 1. The van der Waals surface area contributed by atoms with Gasteiger partial charge in [-0.25, -0.2) is 0 Å². The Bertz CT molecular complexity index is 1390. The molecule has 30 heavy (non-hydrogen) atoms. The number of benzene rings is 3. The third kappa shape index (κ3) is 2.86. The molecule has 1 unspecified atom stereocenters. The summed E-state index contributed by atoms with van der Waals surface area (Å²) in [4.78, 5) is 2.39. The number of nitrogens with one attached hydrogen (secondary N) is 1. The van der Waals surface area contributed by atoms with Crippen molar-refractivity contribution in [2.24, 2.45) is 0 Å². The van der Waals surface area contributed by atoms with Crippen molar-refractivity contribution in [2.75, 3.05) is 13.6 Å². The van der Waals surface area contributed by atoms with Crippen LogP contribution in [0.1, 0.15) is 22.6 Å². The third-order valence-corrected chi connectivity index (χ3v) is 6.11. The van der Waals surface area contributed by atoms with Crippen LogP contribution in [-0.4, -0.2) is 38.9 Å². The van der Waals surface area contributed by atoms with Gasteiger partial charge in [0, 0.05) is 35.3 Å². The lowest BCUT2D eigenvalue weighted by Crippen LogP contribution is -2.31. The van der Waals surface area contributed by atoms with Crippen LogP contribution >= 0.6 is 0 Å². The Morgan fingerprint density at radius 2 is 1.87 bits per heavy atom. The lowest BCUT2D eigenvalue weighted by Gasteiger charge is -2.33. The van der Waals surface area contributed by atoms with Gasteiger partial charge in [-0.1, -0.05) is 36.4 Å². The van der Waals surface area contributed by atoms with Crippen LogP contribution < -0.4 is 0 Å². The van der Waals surface area contributed by atoms with Crippen LogP contribution in [0.2, 0.25) is 0 Å². The number of hydrogen-bond donors (Lipinski definition) is 1. The van der Waals surface area contributed by atoms with Crippen molar-refractivity contribution in [3.05, 3.63) is 89.6 Å². The van der Waals surface area contributed by atoms with E-state index in [-0.39, 0.29) is 0 Å². The van der Waals surface area contributed by atoms with Gasteiger partial charge >= 0.3 is 0 Å². The number of likely N-dealkylation sites (N-methyl/N-ethyl adjacent to an activating group) is 1. The Labute approximate surface area is 174 Å². The van der Waals surface area contributed by atoms with Gasteiger partial charge in [0.25, 0.3) is 0 Å². The number of rotatable bonds is 2. The second-order valence-electron chi connectivity index (χ2n) is 8.17. The molecule has 1 aliphatic heterocycles. The van der Waals surface area contributed by atoms with Crippen molar-refractivity contribution in [2.45, 2.75) is 12.5 Å². The molecular weight excluding hydrogens is 370 g/mol. The highest BCUT2D eigenvalue weighted by Crippen LogP contribution is 2.36. The fourth-order valence-corrected chi connectivity index (χ4v) is 4.60. The van der Waals surface area contributed by atoms with E-state index in [0.717, 1.165) is 46.2 Å². The van der Waals surface area contributed by atoms with E-state index >= 15 is 0 Å². The summed E-state index contributed by atoms with van der Waals surface area (Å²) >= 11 is 0. The molecule has 1 N–H and O–H groups in total. The van der Waals surface area contributed by atoms with Crippen molar-refractivity contribution < 1.29 is 0 Å². The molecule has 6 rings (SSSR count). The molecule has 5 heteroatoms. The van der Waals surface area contributed by atoms with Crippen LogP contribution in [-0.2, 0) is 6.54 Å². The van der Waals surface area contributed by atoms with Crippen LogP contribution in [0.25, 0.3) is 33.1 Å². The van der Waals surface area contributed by atoms with Gasteiger partial charge in [-0.15, -0.1) is 10.2 Å². The Hall–Kier alpha value is -3.57. The number of hydrogen-bond acceptors (Lipinski definition) is 4. The van der Waals surface area contributed by atoms with Crippen molar-refractivity contribution >= 4 is 21.8 Å². The number of aromatic nitrogens is 4. The standard InChI is InChI=1S/C25H21N5/c1-30-14-20-11-18(25-12-17-4-2-3-5-23(17)28-29-25)6-8-21(20)22(15-30)16-7-9-24-19(10-16)13-26-27-24/h2-13,22H,14-15H2,1H3,(H,26,27). The molecule has 0 saturated heterocycles. The molecule has 2 aromatic heterocycles. The first-order chi connectivity index (χ1) is 14.7. The average molecular weight is 391 g/mol. The molecular formula is C25H21N5. The van der Waals surface area contributed by atoms with Gasteiger partial charge in [-0.3, -0.25) is 5.10 Å². The maximum Gasteiger partial charge on any atom is 0.0936 e. The topological polar surface area (TPSA) is 57.7 Å². The van der Waals surface area contributed by atoms with Gasteiger partial charge < -0.3 is 4.90 Å². The minimum Gasteiger partial charge on any atom is -0.301 e. The fraction of sp³-hybridized carbons (Fsp3) is 0.160. The van der Waals surface area contributed by atoms with E-state index in [2.05, 4.69) is 80.9 Å². The van der Waals surface area contributed by atoms with E-state index in [0.29, 0.717) is 5.92 Å². The van der Waals surface area contributed by atoms with Gasteiger partial charge in [-0.05, 0) is 54.1 Å². The highest BCUT2D eigenvalue weighted by atomic mass is 15.1. The predicted molar refractivity (Wildman–Crippen MR) is 119 cm³/mol. The molecule has 3 aromatic carbocycles. The molecule has 0 spiro atoms. The number of nitrogens with zero attached hydrogens (tertiary/aromatic N) is 4. The number of H-pyrrole nitrogens is 1. The summed E-state index contributed by atoms with van der Waals surface area (Å²) in [5, 5.41) is 18.4. The zero-order valence-corrected chi connectivity index (χ0v) is 16.7. The van der Waals surface area contributed by atoms with E-state index in [4.69, 9.17) is 0 Å². The first kappa shape index (κ1) is 17.3. The minimum absolute atomic E-state index is 0.342. The molecule has 0 saturated carbocycles. The summed E-state index contributed by atoms with van der Waals surface area (Å²) in [6.45, 7) is 1.94. The SMILES string of the molecule is CN1Cc2cc(-c3cc4ccccc4nn3)ccc2C(c2ccc3[nH]ncc3c2)C1. The molecule has 1 aliphatic rings. The summed E-state index contributed by atoms with van der Waals surface area (Å²) in [6, 6.07) is 23.6. The quantitative estimate of drug-likeness (QED) is 0.472. The zero-order chi connectivity index (χ0) is 20.1. The maximum atomic E-state index is 4.48. The van der Waals surface area contributed by atoms with E-state index in [9.17, 15) is 0 Å². The van der Waals surface area contributed by atoms with E-state index in [1.54, 1.807) is 0 Å². The summed E-state index contributed by atoms with van der Waals surface area (Å²) in [7, 11) is 2.19. The summed E-state index contributed by atoms with van der Waals surface area (Å²) in [5.74, 6) is 0.342. The maximum absolute atomic E-state index is 4.48. The molecule has 146 valence electrons. The fourth-order valence-electron chi connectivity index (χ4n) is 4.60. The van der Waals surface area contributed by atoms with E-state index in [1.165, 1.54) is 16.7 Å². The Kier molecular flexibility index (Phi) is 3.89. The molecule has 0 radical (unpaired) electrons. The first-order valence-corrected chi connectivity index (χ1v) is 10.2. The second kappa shape index (κ2) is 6.75. The van der Waals surface area contributed by atoms with Gasteiger partial charge in [0.2, 0.25) is 0 Å². The van der Waals surface area contributed by atoms with Crippen LogP contribution in [0.4, 0.5) is 0 Å². The molecule has 0 aliphatic carbocycles.